The van der Waals surface area contributed by atoms with Crippen LogP contribution >= 0.6 is 11.6 Å². The van der Waals surface area contributed by atoms with Gasteiger partial charge in [0.1, 0.15) is 17.0 Å². The fourth-order valence-electron chi connectivity index (χ4n) is 2.36. The summed E-state index contributed by atoms with van der Waals surface area (Å²) >= 11 is 5.84. The first-order valence-corrected chi connectivity index (χ1v) is 7.90. The summed E-state index contributed by atoms with van der Waals surface area (Å²) in [5.74, 6) is -0.0228. The van der Waals surface area contributed by atoms with Gasteiger partial charge in [0.15, 0.2) is 0 Å². The molecule has 0 aliphatic rings. The zero-order valence-electron chi connectivity index (χ0n) is 13.6. The molecule has 0 saturated heterocycles. The zero-order chi connectivity index (χ0) is 18.7. The third-order valence-corrected chi connectivity index (χ3v) is 3.88. The summed E-state index contributed by atoms with van der Waals surface area (Å²) in [5, 5.41) is 10.9. The standard InChI is InChI=1S/C18H14ClN3O4/c1-26-15-5-3-2-4-14(15)20-10-13-16(23)21-18(25)22(17(13)24)12-8-6-11(19)7-9-12/h2-10,24H,1H3,(H,21,23,25). The topological polar surface area (TPSA) is 96.7 Å². The molecule has 8 heteroatoms. The number of nitrogens with zero attached hydrogens (tertiary/aromatic N) is 2. The molecule has 0 spiro atoms. The van der Waals surface area contributed by atoms with Crippen molar-refractivity contribution in [1.82, 2.24) is 9.55 Å². The normalized spacial score (nSPS) is 11.0. The van der Waals surface area contributed by atoms with Crippen LogP contribution in [0.2, 0.25) is 5.02 Å². The number of benzene rings is 2. The molecule has 1 aromatic heterocycles. The van der Waals surface area contributed by atoms with E-state index in [2.05, 4.69) is 9.98 Å². The zero-order valence-corrected chi connectivity index (χ0v) is 14.4. The van der Waals surface area contributed by atoms with Gasteiger partial charge in [0, 0.05) is 11.2 Å². The van der Waals surface area contributed by atoms with E-state index in [0.29, 0.717) is 22.1 Å². The highest BCUT2D eigenvalue weighted by Crippen LogP contribution is 2.26. The van der Waals surface area contributed by atoms with E-state index in [1.165, 1.54) is 13.3 Å². The van der Waals surface area contributed by atoms with Crippen molar-refractivity contribution in [1.29, 1.82) is 0 Å². The highest BCUT2D eigenvalue weighted by Gasteiger charge is 2.14. The van der Waals surface area contributed by atoms with Crippen LogP contribution in [-0.4, -0.2) is 28.0 Å². The lowest BCUT2D eigenvalue weighted by molar-refractivity contribution is 0.416. The first kappa shape index (κ1) is 17.5. The second kappa shape index (κ2) is 7.28. The van der Waals surface area contributed by atoms with Gasteiger partial charge < -0.3 is 9.84 Å². The smallest absolute Gasteiger partial charge is 0.335 e. The first-order chi connectivity index (χ1) is 12.5. The second-order valence-corrected chi connectivity index (χ2v) is 5.67. The van der Waals surface area contributed by atoms with Crippen LogP contribution < -0.4 is 16.0 Å². The Labute approximate surface area is 152 Å². The van der Waals surface area contributed by atoms with Crippen LogP contribution in [0.5, 0.6) is 11.6 Å². The number of methoxy groups -OCH3 is 1. The molecular weight excluding hydrogens is 358 g/mol. The molecule has 0 fully saturated rings. The Kier molecular flexibility index (Phi) is 4.90. The van der Waals surface area contributed by atoms with Gasteiger partial charge in [0.2, 0.25) is 5.88 Å². The number of H-pyrrole nitrogens is 1. The molecule has 2 N–H and O–H groups in total. The first-order valence-electron chi connectivity index (χ1n) is 7.52. The number of para-hydroxylation sites is 2. The Morgan fingerprint density at radius 2 is 1.85 bits per heavy atom. The maximum absolute atomic E-state index is 12.1. The Morgan fingerprint density at radius 1 is 1.15 bits per heavy atom. The number of aliphatic imine (C=N–C) groups is 1. The molecule has 0 bridgehead atoms. The van der Waals surface area contributed by atoms with Gasteiger partial charge in [-0.15, -0.1) is 0 Å². The minimum absolute atomic E-state index is 0.162. The Bertz CT molecular complexity index is 1080. The molecule has 0 aliphatic carbocycles. The maximum atomic E-state index is 12.1. The molecule has 26 heavy (non-hydrogen) atoms. The summed E-state index contributed by atoms with van der Waals surface area (Å²) < 4.78 is 6.15. The quantitative estimate of drug-likeness (QED) is 0.689. The Morgan fingerprint density at radius 3 is 2.54 bits per heavy atom. The van der Waals surface area contributed by atoms with E-state index in [1.807, 2.05) is 0 Å². The number of rotatable bonds is 4. The van der Waals surface area contributed by atoms with E-state index in [4.69, 9.17) is 16.3 Å². The van der Waals surface area contributed by atoms with Crippen molar-refractivity contribution in [2.75, 3.05) is 7.11 Å². The minimum Gasteiger partial charge on any atom is -0.494 e. The molecular formula is C18H14ClN3O4. The molecule has 0 unspecified atom stereocenters. The largest absolute Gasteiger partial charge is 0.494 e. The average molecular weight is 372 g/mol. The second-order valence-electron chi connectivity index (χ2n) is 5.24. The van der Waals surface area contributed by atoms with Gasteiger partial charge in [-0.3, -0.25) is 14.8 Å². The summed E-state index contributed by atoms with van der Waals surface area (Å²) in [6.07, 6.45) is 1.18. The van der Waals surface area contributed by atoms with E-state index < -0.39 is 17.1 Å². The van der Waals surface area contributed by atoms with E-state index in [1.54, 1.807) is 48.5 Å². The minimum atomic E-state index is -0.774. The number of hydrogen-bond donors (Lipinski definition) is 2. The van der Waals surface area contributed by atoms with Crippen molar-refractivity contribution in [3.63, 3.8) is 0 Å². The highest BCUT2D eigenvalue weighted by atomic mass is 35.5. The van der Waals surface area contributed by atoms with Crippen molar-refractivity contribution < 1.29 is 9.84 Å². The van der Waals surface area contributed by atoms with E-state index >= 15 is 0 Å². The molecule has 7 nitrogen and oxygen atoms in total. The lowest BCUT2D eigenvalue weighted by Crippen LogP contribution is -2.31. The molecule has 3 rings (SSSR count). The van der Waals surface area contributed by atoms with Crippen molar-refractivity contribution >= 4 is 23.5 Å². The lowest BCUT2D eigenvalue weighted by Gasteiger charge is -2.09. The molecule has 0 radical (unpaired) electrons. The number of aromatic hydroxyl groups is 1. The van der Waals surface area contributed by atoms with Gasteiger partial charge in [-0.05, 0) is 36.4 Å². The van der Waals surface area contributed by atoms with E-state index in [-0.39, 0.29) is 5.56 Å². The predicted octanol–water partition coefficient (Wildman–Crippen LogP) is 2.64. The molecule has 0 saturated carbocycles. The maximum Gasteiger partial charge on any atom is 0.335 e. The summed E-state index contributed by atoms with van der Waals surface area (Å²) in [4.78, 5) is 30.6. The van der Waals surface area contributed by atoms with Gasteiger partial charge in [0.25, 0.3) is 5.56 Å². The van der Waals surface area contributed by atoms with Crippen LogP contribution in [-0.2, 0) is 0 Å². The van der Waals surface area contributed by atoms with Gasteiger partial charge in [-0.2, -0.15) is 0 Å². The molecule has 2 aromatic carbocycles. The van der Waals surface area contributed by atoms with Crippen LogP contribution in [0.4, 0.5) is 5.69 Å². The van der Waals surface area contributed by atoms with Crippen molar-refractivity contribution in [2.24, 2.45) is 4.99 Å². The molecule has 0 aliphatic heterocycles. The Hall–Kier alpha value is -3.32. The van der Waals surface area contributed by atoms with Crippen LogP contribution in [0.25, 0.3) is 5.69 Å². The Balaban J connectivity index is 2.12. The summed E-state index contributed by atoms with van der Waals surface area (Å²) in [7, 11) is 1.50. The van der Waals surface area contributed by atoms with Gasteiger partial charge in [-0.25, -0.2) is 9.36 Å². The molecule has 1 heterocycles. The van der Waals surface area contributed by atoms with Crippen LogP contribution in [0.3, 0.4) is 0 Å². The van der Waals surface area contributed by atoms with E-state index in [9.17, 15) is 14.7 Å². The monoisotopic (exact) mass is 371 g/mol. The van der Waals surface area contributed by atoms with E-state index in [0.717, 1.165) is 4.57 Å². The van der Waals surface area contributed by atoms with Crippen LogP contribution in [0, 0.1) is 0 Å². The number of ether oxygens (including phenoxy) is 1. The molecule has 0 amide bonds. The number of aromatic amines is 1. The summed E-state index contributed by atoms with van der Waals surface area (Å²) in [6, 6.07) is 13.2. The third kappa shape index (κ3) is 3.38. The van der Waals surface area contributed by atoms with Crippen molar-refractivity contribution in [3.8, 4) is 17.3 Å². The average Bonchev–Trinajstić information content (AvgIpc) is 2.63. The van der Waals surface area contributed by atoms with Crippen LogP contribution in [0.15, 0.2) is 63.1 Å². The van der Waals surface area contributed by atoms with Crippen LogP contribution in [0.1, 0.15) is 5.56 Å². The third-order valence-electron chi connectivity index (χ3n) is 3.62. The molecule has 132 valence electrons. The van der Waals surface area contributed by atoms with Crippen molar-refractivity contribution in [2.45, 2.75) is 0 Å². The van der Waals surface area contributed by atoms with Gasteiger partial charge >= 0.3 is 5.69 Å². The number of hydrogen-bond acceptors (Lipinski definition) is 5. The van der Waals surface area contributed by atoms with Gasteiger partial charge in [0.05, 0.1) is 12.8 Å². The van der Waals surface area contributed by atoms with Gasteiger partial charge in [-0.1, -0.05) is 23.7 Å². The SMILES string of the molecule is COc1ccccc1N=Cc1c(O)n(-c2ccc(Cl)cc2)c(=O)[nH]c1=O. The number of aromatic nitrogens is 2. The molecule has 3 aromatic rings. The van der Waals surface area contributed by atoms with Crippen molar-refractivity contribution in [3.05, 3.63) is 80.0 Å². The lowest BCUT2D eigenvalue weighted by atomic mass is 10.2. The predicted molar refractivity (Wildman–Crippen MR) is 99.6 cm³/mol. The number of halogens is 1. The molecule has 0 atom stereocenters. The summed E-state index contributed by atoms with van der Waals surface area (Å²) in [5.41, 5.74) is -0.871. The highest BCUT2D eigenvalue weighted by molar-refractivity contribution is 6.30. The fraction of sp³-hybridized carbons (Fsp3) is 0.0556. The fourth-order valence-corrected chi connectivity index (χ4v) is 2.48. The summed E-state index contributed by atoms with van der Waals surface area (Å²) in [6.45, 7) is 0. The number of nitrogens with one attached hydrogen (secondary N) is 1.